The van der Waals surface area contributed by atoms with Crippen molar-refractivity contribution in [3.8, 4) is 0 Å². The Morgan fingerprint density at radius 1 is 1.53 bits per heavy atom. The predicted molar refractivity (Wildman–Crippen MR) is 65.7 cm³/mol. The second-order valence-electron chi connectivity index (χ2n) is 3.88. The molecule has 0 radical (unpaired) electrons. The van der Waals surface area contributed by atoms with Crippen LogP contribution in [-0.2, 0) is 4.74 Å². The summed E-state index contributed by atoms with van der Waals surface area (Å²) >= 11 is 0. The van der Waals surface area contributed by atoms with E-state index < -0.39 is 5.97 Å². The molecule has 5 heteroatoms. The van der Waals surface area contributed by atoms with Crippen molar-refractivity contribution in [2.75, 3.05) is 25.6 Å². The first-order valence-corrected chi connectivity index (χ1v) is 5.50. The van der Waals surface area contributed by atoms with Crippen LogP contribution in [-0.4, -0.2) is 36.3 Å². The summed E-state index contributed by atoms with van der Waals surface area (Å²) in [7, 11) is 1.64. The first-order chi connectivity index (χ1) is 8.06. The number of ether oxygens (including phenoxy) is 1. The number of carbonyl (C=O) groups is 1. The average Bonchev–Trinajstić information content (AvgIpc) is 2.22. The van der Waals surface area contributed by atoms with Gasteiger partial charge in [0.15, 0.2) is 0 Å². The normalized spacial score (nSPS) is 10.3. The minimum Gasteiger partial charge on any atom is -0.478 e. The van der Waals surface area contributed by atoms with Crippen molar-refractivity contribution in [3.05, 3.63) is 22.9 Å². The largest absolute Gasteiger partial charge is 0.478 e. The number of hydrogen-bond donors (Lipinski definition) is 2. The first-order valence-electron chi connectivity index (χ1n) is 5.50. The Kier molecular flexibility index (Phi) is 4.90. The third kappa shape index (κ3) is 3.71. The van der Waals surface area contributed by atoms with E-state index in [-0.39, 0.29) is 5.56 Å². The molecule has 1 aromatic heterocycles. The summed E-state index contributed by atoms with van der Waals surface area (Å²) in [5.74, 6) is -0.518. The van der Waals surface area contributed by atoms with Gasteiger partial charge in [0.05, 0.1) is 0 Å². The molecule has 2 N–H and O–H groups in total. The molecule has 0 bridgehead atoms. The highest BCUT2D eigenvalue weighted by Gasteiger charge is 2.15. The van der Waals surface area contributed by atoms with E-state index in [1.54, 1.807) is 20.1 Å². The van der Waals surface area contributed by atoms with Crippen molar-refractivity contribution in [3.63, 3.8) is 0 Å². The zero-order valence-electron chi connectivity index (χ0n) is 10.4. The van der Waals surface area contributed by atoms with Crippen LogP contribution in [0.4, 0.5) is 5.82 Å². The van der Waals surface area contributed by atoms with E-state index >= 15 is 0 Å². The molecular weight excluding hydrogens is 220 g/mol. The lowest BCUT2D eigenvalue weighted by Gasteiger charge is -2.11. The Hall–Kier alpha value is -1.62. The van der Waals surface area contributed by atoms with E-state index in [2.05, 4.69) is 10.3 Å². The number of hydrogen-bond acceptors (Lipinski definition) is 4. The summed E-state index contributed by atoms with van der Waals surface area (Å²) in [6.45, 7) is 4.90. The molecule has 17 heavy (non-hydrogen) atoms. The molecule has 1 rings (SSSR count). The van der Waals surface area contributed by atoms with Gasteiger partial charge < -0.3 is 15.2 Å². The van der Waals surface area contributed by atoms with Crippen LogP contribution in [0.5, 0.6) is 0 Å². The number of rotatable bonds is 6. The summed E-state index contributed by atoms with van der Waals surface area (Å²) in [6, 6.07) is 1.77. The molecule has 1 heterocycles. The maximum Gasteiger partial charge on any atom is 0.339 e. The van der Waals surface area contributed by atoms with Gasteiger partial charge in [-0.15, -0.1) is 0 Å². The van der Waals surface area contributed by atoms with Crippen LogP contribution in [0.3, 0.4) is 0 Å². The smallest absolute Gasteiger partial charge is 0.339 e. The van der Waals surface area contributed by atoms with Crippen LogP contribution in [0.15, 0.2) is 6.07 Å². The number of aromatic nitrogens is 1. The second-order valence-corrected chi connectivity index (χ2v) is 3.88. The molecule has 0 atom stereocenters. The SMILES string of the molecule is COCCCNc1nc(C)cc(C)c1C(=O)O. The van der Waals surface area contributed by atoms with Gasteiger partial charge in [-0.25, -0.2) is 9.78 Å². The number of nitrogens with one attached hydrogen (secondary N) is 1. The maximum absolute atomic E-state index is 11.1. The lowest BCUT2D eigenvalue weighted by atomic mass is 10.1. The predicted octanol–water partition coefficient (Wildman–Crippen LogP) is 1.85. The van der Waals surface area contributed by atoms with Crippen LogP contribution in [0, 0.1) is 13.8 Å². The minimum absolute atomic E-state index is 0.244. The maximum atomic E-state index is 11.1. The molecule has 0 saturated heterocycles. The van der Waals surface area contributed by atoms with Crippen molar-refractivity contribution in [2.24, 2.45) is 0 Å². The van der Waals surface area contributed by atoms with E-state index in [0.29, 0.717) is 19.0 Å². The summed E-state index contributed by atoms with van der Waals surface area (Å²) in [5.41, 5.74) is 1.77. The molecule has 0 unspecified atom stereocenters. The number of carboxylic acids is 1. The number of anilines is 1. The molecule has 0 spiro atoms. The fourth-order valence-corrected chi connectivity index (χ4v) is 1.66. The van der Waals surface area contributed by atoms with E-state index in [0.717, 1.165) is 17.7 Å². The minimum atomic E-state index is -0.954. The molecule has 0 aromatic carbocycles. The molecule has 1 aromatic rings. The van der Waals surface area contributed by atoms with E-state index in [9.17, 15) is 4.79 Å². The van der Waals surface area contributed by atoms with Crippen molar-refractivity contribution < 1.29 is 14.6 Å². The second kappa shape index (κ2) is 6.20. The molecule has 0 fully saturated rings. The Morgan fingerprint density at radius 3 is 2.82 bits per heavy atom. The molecule has 0 aliphatic heterocycles. The number of aryl methyl sites for hydroxylation is 2. The fraction of sp³-hybridized carbons (Fsp3) is 0.500. The lowest BCUT2D eigenvalue weighted by molar-refractivity contribution is 0.0697. The lowest BCUT2D eigenvalue weighted by Crippen LogP contribution is -2.13. The van der Waals surface area contributed by atoms with Gasteiger partial charge in [-0.1, -0.05) is 0 Å². The van der Waals surface area contributed by atoms with Crippen LogP contribution in [0.1, 0.15) is 28.0 Å². The average molecular weight is 238 g/mol. The van der Waals surface area contributed by atoms with Gasteiger partial charge in [0.1, 0.15) is 11.4 Å². The fourth-order valence-electron chi connectivity index (χ4n) is 1.66. The summed E-state index contributed by atoms with van der Waals surface area (Å²) in [6.07, 6.45) is 0.810. The number of aromatic carboxylic acids is 1. The Balaban J connectivity index is 2.85. The Labute approximate surface area is 101 Å². The van der Waals surface area contributed by atoms with Crippen LogP contribution < -0.4 is 5.32 Å². The molecule has 0 aliphatic carbocycles. The monoisotopic (exact) mass is 238 g/mol. The van der Waals surface area contributed by atoms with Crippen LogP contribution in [0.2, 0.25) is 0 Å². The molecule has 0 amide bonds. The van der Waals surface area contributed by atoms with Gasteiger partial charge >= 0.3 is 5.97 Å². The van der Waals surface area contributed by atoms with Crippen LogP contribution >= 0.6 is 0 Å². The highest BCUT2D eigenvalue weighted by atomic mass is 16.5. The number of carboxylic acid groups (broad SMARTS) is 1. The van der Waals surface area contributed by atoms with Gasteiger partial charge in [-0.2, -0.15) is 0 Å². The van der Waals surface area contributed by atoms with Crippen molar-refractivity contribution >= 4 is 11.8 Å². The highest BCUT2D eigenvalue weighted by molar-refractivity contribution is 5.94. The Bertz CT molecular complexity index is 405. The third-order valence-corrected chi connectivity index (χ3v) is 2.38. The van der Waals surface area contributed by atoms with Gasteiger partial charge in [-0.3, -0.25) is 0 Å². The van der Waals surface area contributed by atoms with Gasteiger partial charge in [0, 0.05) is 26.0 Å². The molecule has 94 valence electrons. The molecular formula is C12H18N2O3. The Morgan fingerprint density at radius 2 is 2.24 bits per heavy atom. The topological polar surface area (TPSA) is 71.5 Å². The van der Waals surface area contributed by atoms with Crippen molar-refractivity contribution in [1.82, 2.24) is 4.98 Å². The summed E-state index contributed by atoms with van der Waals surface area (Å²) < 4.78 is 4.93. The van der Waals surface area contributed by atoms with E-state index in [1.807, 2.05) is 6.92 Å². The van der Waals surface area contributed by atoms with Gasteiger partial charge in [-0.05, 0) is 31.9 Å². The molecule has 0 aliphatic rings. The van der Waals surface area contributed by atoms with E-state index in [4.69, 9.17) is 9.84 Å². The standard InChI is InChI=1S/C12H18N2O3/c1-8-7-9(2)14-11(10(8)12(15)16)13-5-4-6-17-3/h7H,4-6H2,1-3H3,(H,13,14)(H,15,16). The third-order valence-electron chi connectivity index (χ3n) is 2.38. The number of nitrogens with zero attached hydrogens (tertiary/aromatic N) is 1. The summed E-state index contributed by atoms with van der Waals surface area (Å²) in [4.78, 5) is 15.4. The molecule has 0 saturated carbocycles. The van der Waals surface area contributed by atoms with Crippen LogP contribution in [0.25, 0.3) is 0 Å². The first kappa shape index (κ1) is 13.4. The molecule has 5 nitrogen and oxygen atoms in total. The van der Waals surface area contributed by atoms with Crippen molar-refractivity contribution in [2.45, 2.75) is 20.3 Å². The van der Waals surface area contributed by atoms with Crippen molar-refractivity contribution in [1.29, 1.82) is 0 Å². The van der Waals surface area contributed by atoms with Gasteiger partial charge in [0.2, 0.25) is 0 Å². The zero-order chi connectivity index (χ0) is 12.8. The highest BCUT2D eigenvalue weighted by Crippen LogP contribution is 2.18. The quantitative estimate of drug-likeness (QED) is 0.740. The van der Waals surface area contributed by atoms with E-state index in [1.165, 1.54) is 0 Å². The summed E-state index contributed by atoms with van der Waals surface area (Å²) in [5, 5.41) is 12.2. The zero-order valence-corrected chi connectivity index (χ0v) is 10.4. The van der Waals surface area contributed by atoms with Gasteiger partial charge in [0.25, 0.3) is 0 Å². The number of pyridine rings is 1. The number of methoxy groups -OCH3 is 1.